The summed E-state index contributed by atoms with van der Waals surface area (Å²) in [6.07, 6.45) is 4.11. The van der Waals surface area contributed by atoms with Gasteiger partial charge in [-0.15, -0.1) is 18.2 Å². The zero-order chi connectivity index (χ0) is 7.82. The molecule has 60 valence electrons. The van der Waals surface area contributed by atoms with Gasteiger partial charge in [0.25, 0.3) is 0 Å². The number of nitrogens with one attached hydrogen (secondary N) is 1. The molecular formula is C8H16ClN. The first-order valence-electron chi connectivity index (χ1n) is 3.73. The fraction of sp³-hybridized carbons (Fsp3) is 0.750. The van der Waals surface area contributed by atoms with Gasteiger partial charge < -0.3 is 5.32 Å². The maximum Gasteiger partial charge on any atom is 0.0308 e. The minimum absolute atomic E-state index is 0.311. The molecule has 1 N–H and O–H groups in total. The Labute approximate surface area is 68.5 Å². The standard InChI is InChI=1S/C8H16ClN/c1-3-6-10-7-4-5-8(2)9/h3,8,10H,1,4-7H2,2H3. The SMILES string of the molecule is C=CCNCCCC(C)Cl. The number of hydrogen-bond donors (Lipinski definition) is 1. The molecule has 2 heteroatoms. The molecule has 0 bridgehead atoms. The summed E-state index contributed by atoms with van der Waals surface area (Å²) in [4.78, 5) is 0. The van der Waals surface area contributed by atoms with Crippen LogP contribution in [0.15, 0.2) is 12.7 Å². The summed E-state index contributed by atoms with van der Waals surface area (Å²) in [6, 6.07) is 0. The highest BCUT2D eigenvalue weighted by Crippen LogP contribution is 2.01. The smallest absolute Gasteiger partial charge is 0.0308 e. The summed E-state index contributed by atoms with van der Waals surface area (Å²) in [7, 11) is 0. The van der Waals surface area contributed by atoms with E-state index in [0.717, 1.165) is 25.9 Å². The van der Waals surface area contributed by atoms with Gasteiger partial charge in [0, 0.05) is 11.9 Å². The average Bonchev–Trinajstić information content (AvgIpc) is 1.87. The van der Waals surface area contributed by atoms with Crippen molar-refractivity contribution < 1.29 is 0 Å². The number of halogens is 1. The molecule has 10 heavy (non-hydrogen) atoms. The molecule has 0 aromatic rings. The second-order valence-corrected chi connectivity index (χ2v) is 3.16. The Morgan fingerprint density at radius 2 is 2.40 bits per heavy atom. The molecule has 0 heterocycles. The lowest BCUT2D eigenvalue weighted by Crippen LogP contribution is -2.15. The van der Waals surface area contributed by atoms with Crippen LogP contribution in [0, 0.1) is 0 Å². The van der Waals surface area contributed by atoms with Crippen LogP contribution in [0.25, 0.3) is 0 Å². The Bertz CT molecular complexity index is 81.3. The lowest BCUT2D eigenvalue weighted by molar-refractivity contribution is 0.650. The van der Waals surface area contributed by atoms with Crippen molar-refractivity contribution >= 4 is 11.6 Å². The third kappa shape index (κ3) is 7.99. The van der Waals surface area contributed by atoms with Gasteiger partial charge in [-0.2, -0.15) is 0 Å². The van der Waals surface area contributed by atoms with E-state index in [0.29, 0.717) is 5.38 Å². The fourth-order valence-corrected chi connectivity index (χ4v) is 0.867. The quantitative estimate of drug-likeness (QED) is 0.358. The summed E-state index contributed by atoms with van der Waals surface area (Å²) in [5, 5.41) is 3.52. The molecule has 0 rings (SSSR count). The summed E-state index contributed by atoms with van der Waals surface area (Å²) in [5.74, 6) is 0. The van der Waals surface area contributed by atoms with Crippen LogP contribution in [-0.4, -0.2) is 18.5 Å². The second-order valence-electron chi connectivity index (χ2n) is 2.42. The van der Waals surface area contributed by atoms with Crippen LogP contribution in [0.2, 0.25) is 0 Å². The van der Waals surface area contributed by atoms with Gasteiger partial charge in [-0.1, -0.05) is 6.08 Å². The fourth-order valence-electron chi connectivity index (χ4n) is 0.712. The lowest BCUT2D eigenvalue weighted by atomic mass is 10.2. The first-order valence-corrected chi connectivity index (χ1v) is 4.16. The van der Waals surface area contributed by atoms with Gasteiger partial charge in [-0.05, 0) is 26.3 Å². The van der Waals surface area contributed by atoms with Crippen molar-refractivity contribution in [2.75, 3.05) is 13.1 Å². The predicted octanol–water partition coefficient (Wildman–Crippen LogP) is 2.17. The molecule has 0 radical (unpaired) electrons. The molecule has 0 aliphatic heterocycles. The first kappa shape index (κ1) is 9.99. The molecule has 0 aliphatic rings. The van der Waals surface area contributed by atoms with Gasteiger partial charge in [-0.3, -0.25) is 0 Å². The van der Waals surface area contributed by atoms with E-state index in [1.165, 1.54) is 0 Å². The van der Waals surface area contributed by atoms with Crippen molar-refractivity contribution in [3.8, 4) is 0 Å². The molecule has 0 spiro atoms. The molecule has 0 aromatic carbocycles. The maximum absolute atomic E-state index is 5.74. The van der Waals surface area contributed by atoms with Crippen LogP contribution < -0.4 is 5.32 Å². The molecule has 0 saturated heterocycles. The van der Waals surface area contributed by atoms with Crippen molar-refractivity contribution in [2.45, 2.75) is 25.1 Å². The second kappa shape index (κ2) is 7.10. The average molecular weight is 162 g/mol. The predicted molar refractivity (Wildman–Crippen MR) is 47.6 cm³/mol. The van der Waals surface area contributed by atoms with Crippen molar-refractivity contribution in [3.05, 3.63) is 12.7 Å². The van der Waals surface area contributed by atoms with Gasteiger partial charge in [0.05, 0.1) is 0 Å². The van der Waals surface area contributed by atoms with Crippen LogP contribution in [0.4, 0.5) is 0 Å². The largest absolute Gasteiger partial charge is 0.313 e. The van der Waals surface area contributed by atoms with E-state index >= 15 is 0 Å². The van der Waals surface area contributed by atoms with Crippen molar-refractivity contribution in [1.82, 2.24) is 5.32 Å². The molecule has 0 amide bonds. The van der Waals surface area contributed by atoms with E-state index < -0.39 is 0 Å². The van der Waals surface area contributed by atoms with Crippen LogP contribution in [0.3, 0.4) is 0 Å². The highest BCUT2D eigenvalue weighted by molar-refractivity contribution is 6.20. The number of rotatable bonds is 6. The van der Waals surface area contributed by atoms with Crippen LogP contribution >= 0.6 is 11.6 Å². The minimum Gasteiger partial charge on any atom is -0.313 e. The summed E-state index contributed by atoms with van der Waals surface area (Å²) >= 11 is 5.74. The molecule has 1 atom stereocenters. The molecular weight excluding hydrogens is 146 g/mol. The molecule has 0 aliphatic carbocycles. The summed E-state index contributed by atoms with van der Waals surface area (Å²) in [5.41, 5.74) is 0. The van der Waals surface area contributed by atoms with Crippen LogP contribution in [0.1, 0.15) is 19.8 Å². The van der Waals surface area contributed by atoms with Crippen molar-refractivity contribution in [2.24, 2.45) is 0 Å². The van der Waals surface area contributed by atoms with E-state index in [4.69, 9.17) is 11.6 Å². The Morgan fingerprint density at radius 1 is 1.70 bits per heavy atom. The van der Waals surface area contributed by atoms with E-state index in [-0.39, 0.29) is 0 Å². The third-order valence-electron chi connectivity index (χ3n) is 1.24. The first-order chi connectivity index (χ1) is 4.77. The van der Waals surface area contributed by atoms with E-state index in [9.17, 15) is 0 Å². The van der Waals surface area contributed by atoms with E-state index in [1.807, 2.05) is 13.0 Å². The third-order valence-corrected chi connectivity index (χ3v) is 1.46. The molecule has 0 saturated carbocycles. The van der Waals surface area contributed by atoms with Gasteiger partial charge in [0.2, 0.25) is 0 Å². The van der Waals surface area contributed by atoms with Gasteiger partial charge in [0.15, 0.2) is 0 Å². The topological polar surface area (TPSA) is 12.0 Å². The monoisotopic (exact) mass is 161 g/mol. The van der Waals surface area contributed by atoms with Gasteiger partial charge >= 0.3 is 0 Å². The van der Waals surface area contributed by atoms with E-state index in [1.54, 1.807) is 0 Å². The van der Waals surface area contributed by atoms with Crippen molar-refractivity contribution in [3.63, 3.8) is 0 Å². The van der Waals surface area contributed by atoms with Crippen LogP contribution in [0.5, 0.6) is 0 Å². The summed E-state index contributed by atoms with van der Waals surface area (Å²) in [6.45, 7) is 7.57. The highest BCUT2D eigenvalue weighted by Gasteiger charge is 1.93. The summed E-state index contributed by atoms with van der Waals surface area (Å²) < 4.78 is 0. The molecule has 0 fully saturated rings. The highest BCUT2D eigenvalue weighted by atomic mass is 35.5. The van der Waals surface area contributed by atoms with Crippen molar-refractivity contribution in [1.29, 1.82) is 0 Å². The Kier molecular flexibility index (Phi) is 7.09. The Morgan fingerprint density at radius 3 is 2.90 bits per heavy atom. The maximum atomic E-state index is 5.74. The Hall–Kier alpha value is -0.0100. The lowest BCUT2D eigenvalue weighted by Gasteiger charge is -2.02. The zero-order valence-electron chi connectivity index (χ0n) is 6.57. The Balaban J connectivity index is 2.83. The minimum atomic E-state index is 0.311. The molecule has 1 nitrogen and oxygen atoms in total. The van der Waals surface area contributed by atoms with Crippen LogP contribution in [-0.2, 0) is 0 Å². The molecule has 0 aromatic heterocycles. The van der Waals surface area contributed by atoms with Gasteiger partial charge in [0.1, 0.15) is 0 Å². The number of alkyl halides is 1. The van der Waals surface area contributed by atoms with Gasteiger partial charge in [-0.25, -0.2) is 0 Å². The van der Waals surface area contributed by atoms with E-state index in [2.05, 4.69) is 11.9 Å². The number of hydrogen-bond acceptors (Lipinski definition) is 1. The molecule has 1 unspecified atom stereocenters. The normalized spacial score (nSPS) is 13.0. The zero-order valence-corrected chi connectivity index (χ0v) is 7.32.